The zero-order valence-electron chi connectivity index (χ0n) is 12.6. The van der Waals surface area contributed by atoms with Gasteiger partial charge < -0.3 is 4.90 Å². The number of carbonyl (C=O) groups excluding carboxylic acids is 1. The molecule has 1 amide bonds. The van der Waals surface area contributed by atoms with Crippen LogP contribution in [0.15, 0.2) is 35.7 Å². The van der Waals surface area contributed by atoms with Gasteiger partial charge in [-0.05, 0) is 35.6 Å². The second-order valence-corrected chi connectivity index (χ2v) is 7.58. The molecule has 0 spiro atoms. The maximum absolute atomic E-state index is 12.6. The number of rotatable bonds is 5. The smallest absolute Gasteiger partial charge is 0.299 e. The standard InChI is InChI=1S/C15H17N3O3S2/c1-2-16-23(20,21)17-12-6-5-11-7-8-18(13(11)10-12)15(19)14-4-3-9-22-14/h3-6,9-10,16-17H,2,7-8H2,1H3. The van der Waals surface area contributed by atoms with Crippen LogP contribution in [0, 0.1) is 0 Å². The first-order chi connectivity index (χ1) is 11.0. The van der Waals surface area contributed by atoms with E-state index in [9.17, 15) is 13.2 Å². The van der Waals surface area contributed by atoms with Gasteiger partial charge in [-0.25, -0.2) is 0 Å². The van der Waals surface area contributed by atoms with Gasteiger partial charge >= 0.3 is 0 Å². The molecule has 6 nitrogen and oxygen atoms in total. The van der Waals surface area contributed by atoms with Crippen LogP contribution in [-0.2, 0) is 16.6 Å². The normalized spacial score (nSPS) is 13.9. The van der Waals surface area contributed by atoms with E-state index in [0.717, 1.165) is 17.7 Å². The number of hydrogen-bond donors (Lipinski definition) is 2. The summed E-state index contributed by atoms with van der Waals surface area (Å²) in [4.78, 5) is 14.9. The molecule has 0 fully saturated rings. The van der Waals surface area contributed by atoms with Crippen molar-refractivity contribution < 1.29 is 13.2 Å². The van der Waals surface area contributed by atoms with Crippen LogP contribution in [-0.4, -0.2) is 27.4 Å². The van der Waals surface area contributed by atoms with E-state index in [1.807, 2.05) is 17.5 Å². The number of carbonyl (C=O) groups is 1. The molecular formula is C15H17N3O3S2. The molecule has 0 radical (unpaired) electrons. The highest BCUT2D eigenvalue weighted by molar-refractivity contribution is 7.90. The van der Waals surface area contributed by atoms with E-state index >= 15 is 0 Å². The van der Waals surface area contributed by atoms with Crippen molar-refractivity contribution in [3.63, 3.8) is 0 Å². The quantitative estimate of drug-likeness (QED) is 0.867. The van der Waals surface area contributed by atoms with Crippen LogP contribution in [0.3, 0.4) is 0 Å². The Kier molecular flexibility index (Phi) is 4.38. The van der Waals surface area contributed by atoms with Gasteiger partial charge in [0.2, 0.25) is 0 Å². The Morgan fingerprint density at radius 2 is 2.17 bits per heavy atom. The van der Waals surface area contributed by atoms with E-state index in [1.54, 1.807) is 30.0 Å². The lowest BCUT2D eigenvalue weighted by Gasteiger charge is -2.17. The molecule has 0 aliphatic carbocycles. The third kappa shape index (κ3) is 3.39. The van der Waals surface area contributed by atoms with Gasteiger partial charge in [-0.1, -0.05) is 19.1 Å². The van der Waals surface area contributed by atoms with Crippen molar-refractivity contribution in [3.05, 3.63) is 46.2 Å². The predicted molar refractivity (Wildman–Crippen MR) is 92.4 cm³/mol. The minimum atomic E-state index is -3.58. The number of benzene rings is 1. The zero-order valence-corrected chi connectivity index (χ0v) is 14.2. The fourth-order valence-corrected chi connectivity index (χ4v) is 4.13. The number of nitrogens with one attached hydrogen (secondary N) is 2. The van der Waals surface area contributed by atoms with Crippen molar-refractivity contribution in [1.29, 1.82) is 0 Å². The summed E-state index contributed by atoms with van der Waals surface area (Å²) >= 11 is 1.40. The van der Waals surface area contributed by atoms with Gasteiger partial charge in [0.25, 0.3) is 16.1 Å². The molecule has 0 saturated carbocycles. The second-order valence-electron chi connectivity index (χ2n) is 5.13. The maximum Gasteiger partial charge on any atom is 0.299 e. The molecule has 122 valence electrons. The summed E-state index contributed by atoms with van der Waals surface area (Å²) in [6.07, 6.45) is 0.771. The molecule has 0 atom stereocenters. The first-order valence-corrected chi connectivity index (χ1v) is 9.62. The zero-order chi connectivity index (χ0) is 16.4. The molecule has 0 bridgehead atoms. The second kappa shape index (κ2) is 6.31. The van der Waals surface area contributed by atoms with Crippen LogP contribution in [0.2, 0.25) is 0 Å². The van der Waals surface area contributed by atoms with Gasteiger partial charge in [-0.2, -0.15) is 13.1 Å². The molecule has 0 saturated heterocycles. The molecule has 23 heavy (non-hydrogen) atoms. The van der Waals surface area contributed by atoms with E-state index in [4.69, 9.17) is 0 Å². The first-order valence-electron chi connectivity index (χ1n) is 7.26. The van der Waals surface area contributed by atoms with E-state index in [2.05, 4.69) is 9.44 Å². The lowest BCUT2D eigenvalue weighted by Crippen LogP contribution is -2.30. The Balaban J connectivity index is 1.87. The minimum absolute atomic E-state index is 0.0505. The molecule has 2 N–H and O–H groups in total. The molecule has 2 aromatic rings. The Morgan fingerprint density at radius 1 is 1.35 bits per heavy atom. The number of amides is 1. The molecule has 8 heteroatoms. The monoisotopic (exact) mass is 351 g/mol. The van der Waals surface area contributed by atoms with Crippen LogP contribution in [0.25, 0.3) is 0 Å². The summed E-state index contributed by atoms with van der Waals surface area (Å²) in [6.45, 7) is 2.63. The van der Waals surface area contributed by atoms with Gasteiger partial charge in [0.15, 0.2) is 0 Å². The maximum atomic E-state index is 12.6. The van der Waals surface area contributed by atoms with Gasteiger partial charge in [0, 0.05) is 18.8 Å². The average molecular weight is 351 g/mol. The summed E-state index contributed by atoms with van der Waals surface area (Å²) < 4.78 is 28.4. The van der Waals surface area contributed by atoms with Crippen molar-refractivity contribution in [2.24, 2.45) is 0 Å². The van der Waals surface area contributed by atoms with Crippen molar-refractivity contribution >= 4 is 38.8 Å². The Labute approximate surface area is 139 Å². The summed E-state index contributed by atoms with van der Waals surface area (Å²) in [7, 11) is -3.58. The fourth-order valence-electron chi connectivity index (χ4n) is 2.57. The summed E-state index contributed by atoms with van der Waals surface area (Å²) in [5.74, 6) is -0.0505. The van der Waals surface area contributed by atoms with Gasteiger partial charge in [-0.15, -0.1) is 11.3 Å². The Morgan fingerprint density at radius 3 is 2.87 bits per heavy atom. The lowest BCUT2D eigenvalue weighted by molar-refractivity contribution is 0.0993. The number of anilines is 2. The first kappa shape index (κ1) is 16.0. The molecule has 1 aliphatic rings. The van der Waals surface area contributed by atoms with Crippen molar-refractivity contribution in [3.8, 4) is 0 Å². The molecule has 1 aliphatic heterocycles. The van der Waals surface area contributed by atoms with Gasteiger partial charge in [0.05, 0.1) is 10.6 Å². The molecule has 1 aromatic carbocycles. The summed E-state index contributed by atoms with van der Waals surface area (Å²) in [5.41, 5.74) is 2.25. The highest BCUT2D eigenvalue weighted by Gasteiger charge is 2.26. The van der Waals surface area contributed by atoms with E-state index < -0.39 is 10.2 Å². The predicted octanol–water partition coefficient (Wildman–Crippen LogP) is 2.22. The molecule has 0 unspecified atom stereocenters. The molecule has 3 rings (SSSR count). The van der Waals surface area contributed by atoms with Crippen molar-refractivity contribution in [2.75, 3.05) is 22.7 Å². The Bertz CT molecular complexity index is 816. The van der Waals surface area contributed by atoms with Crippen LogP contribution in [0.1, 0.15) is 22.2 Å². The van der Waals surface area contributed by atoms with E-state index in [1.165, 1.54) is 11.3 Å². The number of fused-ring (bicyclic) bond motifs is 1. The Hall–Kier alpha value is -1.90. The minimum Gasteiger partial charge on any atom is -0.307 e. The topological polar surface area (TPSA) is 78.5 Å². The SMILES string of the molecule is CCNS(=O)(=O)Nc1ccc2c(c1)N(C(=O)c1cccs1)CC2. The van der Waals surface area contributed by atoms with Gasteiger partial charge in [-0.3, -0.25) is 9.52 Å². The van der Waals surface area contributed by atoms with Crippen LogP contribution in [0.5, 0.6) is 0 Å². The average Bonchev–Trinajstić information content (AvgIpc) is 3.15. The van der Waals surface area contributed by atoms with Crippen molar-refractivity contribution in [1.82, 2.24) is 4.72 Å². The third-order valence-corrected chi connectivity index (χ3v) is 5.58. The molecule has 2 heterocycles. The number of nitrogens with zero attached hydrogens (tertiary/aromatic N) is 1. The third-order valence-electron chi connectivity index (χ3n) is 3.54. The summed E-state index contributed by atoms with van der Waals surface area (Å²) in [5, 5.41) is 1.87. The number of hydrogen-bond acceptors (Lipinski definition) is 4. The lowest BCUT2D eigenvalue weighted by atomic mass is 10.1. The highest BCUT2D eigenvalue weighted by Crippen LogP contribution is 2.32. The van der Waals surface area contributed by atoms with Crippen LogP contribution >= 0.6 is 11.3 Å². The summed E-state index contributed by atoms with van der Waals surface area (Å²) in [6, 6.07) is 8.93. The largest absolute Gasteiger partial charge is 0.307 e. The van der Waals surface area contributed by atoms with Crippen LogP contribution in [0.4, 0.5) is 11.4 Å². The molecular weight excluding hydrogens is 334 g/mol. The number of thiophene rings is 1. The van der Waals surface area contributed by atoms with Crippen LogP contribution < -0.4 is 14.3 Å². The van der Waals surface area contributed by atoms with Gasteiger partial charge in [0.1, 0.15) is 0 Å². The molecule has 1 aromatic heterocycles. The van der Waals surface area contributed by atoms with E-state index in [-0.39, 0.29) is 5.91 Å². The van der Waals surface area contributed by atoms with E-state index in [0.29, 0.717) is 23.7 Å². The fraction of sp³-hybridized carbons (Fsp3) is 0.267. The highest BCUT2D eigenvalue weighted by atomic mass is 32.2. The van der Waals surface area contributed by atoms with Crippen molar-refractivity contribution in [2.45, 2.75) is 13.3 Å².